The van der Waals surface area contributed by atoms with Gasteiger partial charge in [-0.25, -0.2) is 9.97 Å². The van der Waals surface area contributed by atoms with E-state index < -0.39 is 0 Å². The molecule has 2 atom stereocenters. The van der Waals surface area contributed by atoms with E-state index in [-0.39, 0.29) is 24.6 Å². The van der Waals surface area contributed by atoms with Gasteiger partial charge in [0.2, 0.25) is 5.91 Å². The molecule has 4 rings (SSSR count). The summed E-state index contributed by atoms with van der Waals surface area (Å²) in [6.45, 7) is 4.45. The van der Waals surface area contributed by atoms with Crippen molar-refractivity contribution in [3.63, 3.8) is 0 Å². The molecule has 28 heavy (non-hydrogen) atoms. The highest BCUT2D eigenvalue weighted by atomic mass is 16.3. The van der Waals surface area contributed by atoms with Crippen LogP contribution < -0.4 is 10.2 Å². The lowest BCUT2D eigenvalue weighted by Gasteiger charge is -2.24. The zero-order valence-corrected chi connectivity index (χ0v) is 16.2. The van der Waals surface area contributed by atoms with Crippen molar-refractivity contribution in [2.45, 2.75) is 44.8 Å². The number of aryl methyl sites for hydroxylation is 1. The van der Waals surface area contributed by atoms with Crippen LogP contribution in [0.15, 0.2) is 36.7 Å². The summed E-state index contributed by atoms with van der Waals surface area (Å²) in [6.07, 6.45) is 4.30. The molecular weight excluding hydrogens is 354 g/mol. The number of nitrogens with one attached hydrogen (secondary N) is 1. The van der Waals surface area contributed by atoms with Crippen LogP contribution in [0, 0.1) is 6.92 Å². The van der Waals surface area contributed by atoms with Gasteiger partial charge in [-0.05, 0) is 31.7 Å². The Kier molecular flexibility index (Phi) is 5.43. The summed E-state index contributed by atoms with van der Waals surface area (Å²) in [5, 5.41) is 12.8. The molecule has 148 valence electrons. The molecule has 0 spiro atoms. The summed E-state index contributed by atoms with van der Waals surface area (Å²) in [5.74, 6) is 1.57. The van der Waals surface area contributed by atoms with Gasteiger partial charge in [-0.3, -0.25) is 4.79 Å². The maximum atomic E-state index is 12.8. The van der Waals surface area contributed by atoms with E-state index in [0.29, 0.717) is 12.4 Å². The molecule has 1 aromatic carbocycles. The third-order valence-corrected chi connectivity index (χ3v) is 5.65. The minimum Gasteiger partial charge on any atom is -0.394 e. The fourth-order valence-electron chi connectivity index (χ4n) is 4.03. The molecule has 2 aliphatic rings. The number of anilines is 2. The fraction of sp³-hybridized carbons (Fsp3) is 0.476. The SMILES string of the molecule is Cc1ccc(CN2CCC(Nc3cc(N4CCCC4CO)ncn3)C2=O)cc1. The first-order valence-electron chi connectivity index (χ1n) is 9.94. The van der Waals surface area contributed by atoms with Crippen molar-refractivity contribution in [3.05, 3.63) is 47.8 Å². The van der Waals surface area contributed by atoms with E-state index in [1.54, 1.807) is 0 Å². The van der Waals surface area contributed by atoms with Crippen LogP contribution in [-0.2, 0) is 11.3 Å². The summed E-state index contributed by atoms with van der Waals surface area (Å²) < 4.78 is 0. The summed E-state index contributed by atoms with van der Waals surface area (Å²) in [4.78, 5) is 25.5. The summed E-state index contributed by atoms with van der Waals surface area (Å²) >= 11 is 0. The number of nitrogens with zero attached hydrogens (tertiary/aromatic N) is 4. The highest BCUT2D eigenvalue weighted by Crippen LogP contribution is 2.25. The van der Waals surface area contributed by atoms with Crippen LogP contribution in [0.1, 0.15) is 30.4 Å². The number of carbonyl (C=O) groups is 1. The standard InChI is InChI=1S/C21H27N5O2/c1-15-4-6-16(7-5-15)12-25-10-8-18(21(25)28)24-19-11-20(23-14-22-19)26-9-2-3-17(26)13-27/h4-7,11,14,17-18,27H,2-3,8-10,12-13H2,1H3,(H,22,23,24). The lowest BCUT2D eigenvalue weighted by atomic mass is 10.1. The van der Waals surface area contributed by atoms with E-state index in [2.05, 4.69) is 51.4 Å². The van der Waals surface area contributed by atoms with Gasteiger partial charge in [0.1, 0.15) is 24.0 Å². The average molecular weight is 381 g/mol. The van der Waals surface area contributed by atoms with Crippen molar-refractivity contribution < 1.29 is 9.90 Å². The maximum absolute atomic E-state index is 12.8. The summed E-state index contributed by atoms with van der Waals surface area (Å²) in [5.41, 5.74) is 2.37. The van der Waals surface area contributed by atoms with Crippen LogP contribution in [0.3, 0.4) is 0 Å². The first-order chi connectivity index (χ1) is 13.6. The first kappa shape index (κ1) is 18.7. The number of hydrogen-bond acceptors (Lipinski definition) is 6. The molecule has 0 aliphatic carbocycles. The van der Waals surface area contributed by atoms with Crippen molar-refractivity contribution in [1.82, 2.24) is 14.9 Å². The molecule has 2 fully saturated rings. The minimum atomic E-state index is -0.264. The van der Waals surface area contributed by atoms with Gasteiger partial charge in [0, 0.05) is 25.7 Å². The molecule has 2 unspecified atom stereocenters. The van der Waals surface area contributed by atoms with Crippen LogP contribution in [0.25, 0.3) is 0 Å². The van der Waals surface area contributed by atoms with E-state index >= 15 is 0 Å². The molecule has 2 aromatic rings. The molecule has 7 heteroatoms. The van der Waals surface area contributed by atoms with Gasteiger partial charge < -0.3 is 20.2 Å². The van der Waals surface area contributed by atoms with Gasteiger partial charge in [-0.2, -0.15) is 0 Å². The van der Waals surface area contributed by atoms with Crippen LogP contribution in [0.2, 0.25) is 0 Å². The molecule has 1 amide bonds. The third kappa shape index (κ3) is 3.94. The smallest absolute Gasteiger partial charge is 0.245 e. The highest BCUT2D eigenvalue weighted by molar-refractivity contribution is 5.86. The molecule has 1 aromatic heterocycles. The highest BCUT2D eigenvalue weighted by Gasteiger charge is 2.32. The van der Waals surface area contributed by atoms with Crippen LogP contribution in [0.4, 0.5) is 11.6 Å². The molecular formula is C21H27N5O2. The summed E-state index contributed by atoms with van der Waals surface area (Å²) in [7, 11) is 0. The average Bonchev–Trinajstić information content (AvgIpc) is 3.32. The molecule has 7 nitrogen and oxygen atoms in total. The molecule has 0 saturated carbocycles. The minimum absolute atomic E-state index is 0.107. The Morgan fingerprint density at radius 3 is 2.79 bits per heavy atom. The maximum Gasteiger partial charge on any atom is 0.245 e. The van der Waals surface area contributed by atoms with Crippen molar-refractivity contribution in [3.8, 4) is 0 Å². The molecule has 2 saturated heterocycles. The van der Waals surface area contributed by atoms with E-state index in [1.807, 2.05) is 11.0 Å². The predicted molar refractivity (Wildman–Crippen MR) is 108 cm³/mol. The first-order valence-corrected chi connectivity index (χ1v) is 9.94. The Morgan fingerprint density at radius 2 is 2.00 bits per heavy atom. The number of likely N-dealkylation sites (tertiary alicyclic amines) is 1. The zero-order chi connectivity index (χ0) is 19.5. The van der Waals surface area contributed by atoms with Gasteiger partial charge in [-0.1, -0.05) is 29.8 Å². The lowest BCUT2D eigenvalue weighted by molar-refractivity contribution is -0.128. The van der Waals surface area contributed by atoms with Gasteiger partial charge in [-0.15, -0.1) is 0 Å². The number of benzene rings is 1. The Morgan fingerprint density at radius 1 is 1.18 bits per heavy atom. The van der Waals surface area contributed by atoms with Gasteiger partial charge >= 0.3 is 0 Å². The van der Waals surface area contributed by atoms with Crippen molar-refractivity contribution in [1.29, 1.82) is 0 Å². The van der Waals surface area contributed by atoms with E-state index in [9.17, 15) is 9.90 Å². The molecule has 3 heterocycles. The Bertz CT molecular complexity index is 826. The van der Waals surface area contributed by atoms with Crippen LogP contribution in [-0.4, -0.2) is 57.7 Å². The second-order valence-electron chi connectivity index (χ2n) is 7.66. The van der Waals surface area contributed by atoms with Gasteiger partial charge in [0.25, 0.3) is 0 Å². The molecule has 2 N–H and O–H groups in total. The number of amides is 1. The van der Waals surface area contributed by atoms with Crippen molar-refractivity contribution in [2.24, 2.45) is 0 Å². The molecule has 0 radical (unpaired) electrons. The molecule has 2 aliphatic heterocycles. The quantitative estimate of drug-likeness (QED) is 0.796. The fourth-order valence-corrected chi connectivity index (χ4v) is 4.03. The second-order valence-corrected chi connectivity index (χ2v) is 7.66. The van der Waals surface area contributed by atoms with Crippen molar-refractivity contribution >= 4 is 17.5 Å². The van der Waals surface area contributed by atoms with E-state index in [4.69, 9.17) is 0 Å². The van der Waals surface area contributed by atoms with E-state index in [1.165, 1.54) is 11.9 Å². The Balaban J connectivity index is 1.40. The van der Waals surface area contributed by atoms with Gasteiger partial charge in [0.15, 0.2) is 0 Å². The van der Waals surface area contributed by atoms with Crippen LogP contribution in [0.5, 0.6) is 0 Å². The second kappa shape index (κ2) is 8.14. The van der Waals surface area contributed by atoms with E-state index in [0.717, 1.165) is 43.7 Å². The topological polar surface area (TPSA) is 81.6 Å². The third-order valence-electron chi connectivity index (χ3n) is 5.65. The number of hydrogen-bond donors (Lipinski definition) is 2. The number of aromatic nitrogens is 2. The number of rotatable bonds is 6. The number of carbonyl (C=O) groups excluding carboxylic acids is 1. The Labute approximate surface area is 165 Å². The lowest BCUT2D eigenvalue weighted by Crippen LogP contribution is -2.34. The van der Waals surface area contributed by atoms with Gasteiger partial charge in [0.05, 0.1) is 12.6 Å². The number of aliphatic hydroxyl groups is 1. The monoisotopic (exact) mass is 381 g/mol. The predicted octanol–water partition coefficient (Wildman–Crippen LogP) is 1.96. The zero-order valence-electron chi connectivity index (χ0n) is 16.2. The molecule has 0 bridgehead atoms. The number of aliphatic hydroxyl groups excluding tert-OH is 1. The van der Waals surface area contributed by atoms with Crippen LogP contribution >= 0.6 is 0 Å². The largest absolute Gasteiger partial charge is 0.394 e. The summed E-state index contributed by atoms with van der Waals surface area (Å²) in [6, 6.07) is 10.0. The normalized spacial score (nSPS) is 22.1. The Hall–Kier alpha value is -2.67. The van der Waals surface area contributed by atoms with Crippen molar-refractivity contribution in [2.75, 3.05) is 29.9 Å².